The van der Waals surface area contributed by atoms with Gasteiger partial charge in [0.2, 0.25) is 5.91 Å². The summed E-state index contributed by atoms with van der Waals surface area (Å²) in [6.07, 6.45) is 0.936. The number of nitrogens with zero attached hydrogens (tertiary/aromatic N) is 2. The molecule has 0 saturated carbocycles. The van der Waals surface area contributed by atoms with Crippen molar-refractivity contribution in [2.75, 3.05) is 18.6 Å². The van der Waals surface area contributed by atoms with Crippen molar-refractivity contribution in [2.24, 2.45) is 0 Å². The Morgan fingerprint density at radius 2 is 2.00 bits per heavy atom. The van der Waals surface area contributed by atoms with Gasteiger partial charge >= 0.3 is 0 Å². The van der Waals surface area contributed by atoms with Crippen LogP contribution in [0.1, 0.15) is 11.1 Å². The van der Waals surface area contributed by atoms with E-state index in [2.05, 4.69) is 0 Å². The summed E-state index contributed by atoms with van der Waals surface area (Å²) in [6, 6.07) is 12.0. The van der Waals surface area contributed by atoms with Gasteiger partial charge in [-0.3, -0.25) is 14.9 Å². The van der Waals surface area contributed by atoms with Gasteiger partial charge in [0.15, 0.2) is 0 Å². The molecule has 0 N–H and O–H groups in total. The highest BCUT2D eigenvalue weighted by atomic mass is 16.6. The van der Waals surface area contributed by atoms with Crippen LogP contribution in [0.4, 0.5) is 11.4 Å². The number of nitro groups is 1. The molecule has 118 valence electrons. The van der Waals surface area contributed by atoms with Gasteiger partial charge in [0.05, 0.1) is 18.5 Å². The summed E-state index contributed by atoms with van der Waals surface area (Å²) in [7, 11) is 1.60. The van der Waals surface area contributed by atoms with Crippen LogP contribution in [0.5, 0.6) is 5.75 Å². The minimum Gasteiger partial charge on any atom is -0.497 e. The Bertz CT molecular complexity index is 756. The van der Waals surface area contributed by atoms with Gasteiger partial charge in [-0.2, -0.15) is 0 Å². The Morgan fingerprint density at radius 3 is 2.65 bits per heavy atom. The highest BCUT2D eigenvalue weighted by Gasteiger charge is 2.26. The molecule has 2 aromatic rings. The summed E-state index contributed by atoms with van der Waals surface area (Å²) in [6.45, 7) is 0.561. The fourth-order valence-corrected chi connectivity index (χ4v) is 2.77. The summed E-state index contributed by atoms with van der Waals surface area (Å²) < 4.78 is 5.10. The molecular formula is C17H16N2O4. The molecule has 6 nitrogen and oxygen atoms in total. The van der Waals surface area contributed by atoms with Gasteiger partial charge < -0.3 is 9.64 Å². The number of hydrogen-bond donors (Lipinski definition) is 0. The minimum atomic E-state index is -0.415. The molecule has 23 heavy (non-hydrogen) atoms. The Kier molecular flexibility index (Phi) is 3.97. The SMILES string of the molecule is COc1ccc(CC(=O)N2CCc3cc([N+](=O)[O-])ccc32)cc1. The maximum atomic E-state index is 12.5. The summed E-state index contributed by atoms with van der Waals surface area (Å²) in [5.74, 6) is 0.739. The van der Waals surface area contributed by atoms with Gasteiger partial charge in [0.25, 0.3) is 5.69 Å². The Hall–Kier alpha value is -2.89. The predicted octanol–water partition coefficient (Wildman–Crippen LogP) is 2.74. The summed E-state index contributed by atoms with van der Waals surface area (Å²) >= 11 is 0. The zero-order chi connectivity index (χ0) is 16.4. The van der Waals surface area contributed by atoms with Crippen molar-refractivity contribution in [1.29, 1.82) is 0 Å². The summed E-state index contributed by atoms with van der Waals surface area (Å²) in [5.41, 5.74) is 2.59. The molecular weight excluding hydrogens is 296 g/mol. The normalized spacial score (nSPS) is 12.8. The molecule has 3 rings (SSSR count). The van der Waals surface area contributed by atoms with Crippen LogP contribution < -0.4 is 9.64 Å². The highest BCUT2D eigenvalue weighted by molar-refractivity contribution is 5.96. The lowest BCUT2D eigenvalue weighted by atomic mass is 10.1. The lowest BCUT2D eigenvalue weighted by Crippen LogP contribution is -2.30. The molecule has 1 aliphatic rings. The van der Waals surface area contributed by atoms with Gasteiger partial charge in [0, 0.05) is 24.4 Å². The van der Waals surface area contributed by atoms with Crippen LogP contribution in [-0.4, -0.2) is 24.5 Å². The second-order valence-electron chi connectivity index (χ2n) is 5.39. The first-order valence-electron chi connectivity index (χ1n) is 7.29. The number of ether oxygens (including phenoxy) is 1. The van der Waals surface area contributed by atoms with E-state index < -0.39 is 4.92 Å². The predicted molar refractivity (Wildman–Crippen MR) is 85.9 cm³/mol. The molecule has 0 unspecified atom stereocenters. The molecule has 1 aliphatic heterocycles. The molecule has 1 heterocycles. The van der Waals surface area contributed by atoms with E-state index in [0.29, 0.717) is 19.4 Å². The Morgan fingerprint density at radius 1 is 1.26 bits per heavy atom. The standard InChI is InChI=1S/C17H16N2O4/c1-23-15-5-2-12(3-6-15)10-17(20)18-9-8-13-11-14(19(21)22)4-7-16(13)18/h2-7,11H,8-10H2,1H3. The van der Waals surface area contributed by atoms with Gasteiger partial charge in [0.1, 0.15) is 5.75 Å². The summed E-state index contributed by atoms with van der Waals surface area (Å²) in [4.78, 5) is 24.6. The fraction of sp³-hybridized carbons (Fsp3) is 0.235. The molecule has 0 atom stereocenters. The smallest absolute Gasteiger partial charge is 0.269 e. The van der Waals surface area contributed by atoms with Crippen LogP contribution in [0.25, 0.3) is 0 Å². The number of carbonyl (C=O) groups is 1. The van der Waals surface area contributed by atoms with Crippen molar-refractivity contribution in [3.05, 3.63) is 63.7 Å². The Labute approximate surface area is 133 Å². The van der Waals surface area contributed by atoms with Crippen molar-refractivity contribution >= 4 is 17.3 Å². The molecule has 1 amide bonds. The number of benzene rings is 2. The van der Waals surface area contributed by atoms with Crippen molar-refractivity contribution in [3.8, 4) is 5.75 Å². The third-order valence-electron chi connectivity index (χ3n) is 3.98. The van der Waals surface area contributed by atoms with Gasteiger partial charge in [-0.15, -0.1) is 0 Å². The number of nitro benzene ring substituents is 1. The van der Waals surface area contributed by atoms with E-state index in [1.54, 1.807) is 24.1 Å². The third kappa shape index (κ3) is 3.01. The molecule has 0 radical (unpaired) electrons. The number of hydrogen-bond acceptors (Lipinski definition) is 4. The van der Waals surface area contributed by atoms with Crippen LogP contribution in [0.15, 0.2) is 42.5 Å². The first-order chi connectivity index (χ1) is 11.1. The van der Waals surface area contributed by atoms with E-state index in [-0.39, 0.29) is 11.6 Å². The second kappa shape index (κ2) is 6.08. The number of rotatable bonds is 4. The average molecular weight is 312 g/mol. The van der Waals surface area contributed by atoms with Gasteiger partial charge in [-0.05, 0) is 35.7 Å². The minimum absolute atomic E-state index is 0.0113. The van der Waals surface area contributed by atoms with Gasteiger partial charge in [-0.25, -0.2) is 0 Å². The lowest BCUT2D eigenvalue weighted by molar-refractivity contribution is -0.384. The van der Waals surface area contributed by atoms with E-state index in [0.717, 1.165) is 22.6 Å². The first kappa shape index (κ1) is 15.0. The average Bonchev–Trinajstić information content (AvgIpc) is 2.98. The number of fused-ring (bicyclic) bond motifs is 1. The molecule has 0 saturated heterocycles. The van der Waals surface area contributed by atoms with Crippen LogP contribution in [0.2, 0.25) is 0 Å². The summed E-state index contributed by atoms with van der Waals surface area (Å²) in [5, 5.41) is 10.8. The monoisotopic (exact) mass is 312 g/mol. The number of non-ortho nitro benzene ring substituents is 1. The number of amides is 1. The Balaban J connectivity index is 1.76. The van der Waals surface area contributed by atoms with Gasteiger partial charge in [-0.1, -0.05) is 12.1 Å². The molecule has 0 spiro atoms. The van der Waals surface area contributed by atoms with Crippen LogP contribution in [0, 0.1) is 10.1 Å². The molecule has 0 aromatic heterocycles. The van der Waals surface area contributed by atoms with Crippen LogP contribution >= 0.6 is 0 Å². The van der Waals surface area contributed by atoms with Crippen molar-refractivity contribution in [3.63, 3.8) is 0 Å². The molecule has 0 aliphatic carbocycles. The number of methoxy groups -OCH3 is 1. The van der Waals surface area contributed by atoms with E-state index in [4.69, 9.17) is 4.74 Å². The van der Waals surface area contributed by atoms with E-state index >= 15 is 0 Å². The van der Waals surface area contributed by atoms with Crippen LogP contribution in [0.3, 0.4) is 0 Å². The fourth-order valence-electron chi connectivity index (χ4n) is 2.77. The van der Waals surface area contributed by atoms with Crippen molar-refractivity contribution in [2.45, 2.75) is 12.8 Å². The zero-order valence-corrected chi connectivity index (χ0v) is 12.7. The highest BCUT2D eigenvalue weighted by Crippen LogP contribution is 2.31. The number of anilines is 1. The zero-order valence-electron chi connectivity index (χ0n) is 12.7. The maximum Gasteiger partial charge on any atom is 0.269 e. The third-order valence-corrected chi connectivity index (χ3v) is 3.98. The first-order valence-corrected chi connectivity index (χ1v) is 7.29. The molecule has 6 heteroatoms. The largest absolute Gasteiger partial charge is 0.497 e. The topological polar surface area (TPSA) is 72.7 Å². The maximum absolute atomic E-state index is 12.5. The van der Waals surface area contributed by atoms with Crippen LogP contribution in [-0.2, 0) is 17.6 Å². The van der Waals surface area contributed by atoms with E-state index in [9.17, 15) is 14.9 Å². The van der Waals surface area contributed by atoms with E-state index in [1.165, 1.54) is 6.07 Å². The van der Waals surface area contributed by atoms with Crippen molar-refractivity contribution in [1.82, 2.24) is 0 Å². The lowest BCUT2D eigenvalue weighted by Gasteiger charge is -2.17. The quantitative estimate of drug-likeness (QED) is 0.643. The van der Waals surface area contributed by atoms with Crippen molar-refractivity contribution < 1.29 is 14.5 Å². The number of carbonyl (C=O) groups excluding carboxylic acids is 1. The second-order valence-corrected chi connectivity index (χ2v) is 5.39. The van der Waals surface area contributed by atoms with E-state index in [1.807, 2.05) is 24.3 Å². The molecule has 0 bridgehead atoms. The molecule has 0 fully saturated rings. The molecule has 2 aromatic carbocycles.